The lowest BCUT2D eigenvalue weighted by molar-refractivity contribution is 0.183. The third kappa shape index (κ3) is 2.29. The number of pyridine rings is 1. The second-order valence-electron chi connectivity index (χ2n) is 5.28. The standard InChI is InChI=1S/C15H18FN3O/c1-9(10-4-6-20-8-10)19-15-12(16)7-13(17)11-3-2-5-18-14(11)15/h2-3,5,7,9-10,19H,4,6,8,17H2,1H3. The van der Waals surface area contributed by atoms with Gasteiger partial charge in [0.2, 0.25) is 0 Å². The number of halogens is 1. The van der Waals surface area contributed by atoms with Crippen molar-refractivity contribution in [2.75, 3.05) is 24.3 Å². The highest BCUT2D eigenvalue weighted by Crippen LogP contribution is 2.31. The smallest absolute Gasteiger partial charge is 0.150 e. The summed E-state index contributed by atoms with van der Waals surface area (Å²) in [7, 11) is 0. The van der Waals surface area contributed by atoms with Gasteiger partial charge in [-0.05, 0) is 31.5 Å². The van der Waals surface area contributed by atoms with E-state index < -0.39 is 0 Å². The normalized spacial score (nSPS) is 20.2. The molecule has 0 radical (unpaired) electrons. The van der Waals surface area contributed by atoms with Crippen LogP contribution in [0.3, 0.4) is 0 Å². The fourth-order valence-corrected chi connectivity index (χ4v) is 2.67. The Bertz CT molecular complexity index is 626. The molecular weight excluding hydrogens is 257 g/mol. The number of nitrogens with zero attached hydrogens (tertiary/aromatic N) is 1. The summed E-state index contributed by atoms with van der Waals surface area (Å²) in [4.78, 5) is 4.27. The molecule has 5 heteroatoms. The Morgan fingerprint density at radius 3 is 3.15 bits per heavy atom. The van der Waals surface area contributed by atoms with Gasteiger partial charge in [0.25, 0.3) is 0 Å². The van der Waals surface area contributed by atoms with Crippen LogP contribution < -0.4 is 11.1 Å². The summed E-state index contributed by atoms with van der Waals surface area (Å²) in [6.45, 7) is 3.54. The largest absolute Gasteiger partial charge is 0.398 e. The number of nitrogen functional groups attached to an aromatic ring is 1. The average molecular weight is 275 g/mol. The molecule has 0 amide bonds. The molecule has 1 aromatic carbocycles. The summed E-state index contributed by atoms with van der Waals surface area (Å²) in [5.41, 5.74) is 7.27. The molecule has 2 unspecified atom stereocenters. The van der Waals surface area contributed by atoms with Gasteiger partial charge in [-0.3, -0.25) is 4.98 Å². The lowest BCUT2D eigenvalue weighted by atomic mass is 10.00. The first-order valence-electron chi connectivity index (χ1n) is 6.84. The maximum Gasteiger partial charge on any atom is 0.150 e. The molecule has 0 bridgehead atoms. The van der Waals surface area contributed by atoms with Gasteiger partial charge >= 0.3 is 0 Å². The van der Waals surface area contributed by atoms with E-state index in [-0.39, 0.29) is 11.9 Å². The highest BCUT2D eigenvalue weighted by molar-refractivity contribution is 5.98. The van der Waals surface area contributed by atoms with Crippen LogP contribution in [0, 0.1) is 11.7 Å². The molecule has 3 rings (SSSR count). The van der Waals surface area contributed by atoms with E-state index >= 15 is 0 Å². The number of ether oxygens (including phenoxy) is 1. The van der Waals surface area contributed by atoms with Crippen LogP contribution >= 0.6 is 0 Å². The fourth-order valence-electron chi connectivity index (χ4n) is 2.67. The molecule has 20 heavy (non-hydrogen) atoms. The Kier molecular flexibility index (Phi) is 3.44. The topological polar surface area (TPSA) is 60.2 Å². The van der Waals surface area contributed by atoms with E-state index in [1.54, 1.807) is 12.3 Å². The van der Waals surface area contributed by atoms with E-state index in [0.717, 1.165) is 25.0 Å². The molecule has 3 N–H and O–H groups in total. The van der Waals surface area contributed by atoms with Crippen molar-refractivity contribution in [3.63, 3.8) is 0 Å². The zero-order chi connectivity index (χ0) is 14.1. The van der Waals surface area contributed by atoms with Crippen LogP contribution in [-0.2, 0) is 4.74 Å². The van der Waals surface area contributed by atoms with Crippen LogP contribution in [-0.4, -0.2) is 24.2 Å². The predicted molar refractivity (Wildman–Crippen MR) is 78.1 cm³/mol. The summed E-state index contributed by atoms with van der Waals surface area (Å²) in [6.07, 6.45) is 2.64. The minimum Gasteiger partial charge on any atom is -0.398 e. The summed E-state index contributed by atoms with van der Waals surface area (Å²) in [5.74, 6) is 0.0326. The molecule has 106 valence electrons. The number of benzene rings is 1. The third-order valence-corrected chi connectivity index (χ3v) is 3.92. The van der Waals surface area contributed by atoms with E-state index in [1.807, 2.05) is 13.0 Å². The molecule has 0 saturated carbocycles. The minimum absolute atomic E-state index is 0.126. The summed E-state index contributed by atoms with van der Waals surface area (Å²) in [6, 6.07) is 5.13. The maximum atomic E-state index is 14.2. The number of hydrogen-bond donors (Lipinski definition) is 2. The summed E-state index contributed by atoms with van der Waals surface area (Å²) in [5, 5.41) is 4.02. The van der Waals surface area contributed by atoms with E-state index in [9.17, 15) is 4.39 Å². The quantitative estimate of drug-likeness (QED) is 0.846. The van der Waals surface area contributed by atoms with Crippen molar-refractivity contribution in [2.45, 2.75) is 19.4 Å². The van der Waals surface area contributed by atoms with Crippen molar-refractivity contribution in [1.82, 2.24) is 4.98 Å². The van der Waals surface area contributed by atoms with Crippen LogP contribution in [0.5, 0.6) is 0 Å². The van der Waals surface area contributed by atoms with Gasteiger partial charge < -0.3 is 15.8 Å². The van der Waals surface area contributed by atoms with Crippen molar-refractivity contribution < 1.29 is 9.13 Å². The van der Waals surface area contributed by atoms with Gasteiger partial charge in [-0.25, -0.2) is 4.39 Å². The zero-order valence-corrected chi connectivity index (χ0v) is 11.4. The Balaban J connectivity index is 1.98. The lowest BCUT2D eigenvalue weighted by Gasteiger charge is -2.22. The van der Waals surface area contributed by atoms with Gasteiger partial charge in [-0.2, -0.15) is 0 Å². The van der Waals surface area contributed by atoms with Gasteiger partial charge in [0.05, 0.1) is 17.8 Å². The second-order valence-corrected chi connectivity index (χ2v) is 5.28. The lowest BCUT2D eigenvalue weighted by Crippen LogP contribution is -2.26. The first-order valence-corrected chi connectivity index (χ1v) is 6.84. The van der Waals surface area contributed by atoms with E-state index in [2.05, 4.69) is 10.3 Å². The molecule has 1 fully saturated rings. The molecule has 0 spiro atoms. The molecule has 1 aromatic heterocycles. The van der Waals surface area contributed by atoms with Crippen LogP contribution in [0.15, 0.2) is 24.4 Å². The average Bonchev–Trinajstić information content (AvgIpc) is 2.97. The molecule has 2 atom stereocenters. The Labute approximate surface area is 117 Å². The molecule has 1 aliphatic rings. The highest BCUT2D eigenvalue weighted by atomic mass is 19.1. The molecule has 0 aliphatic carbocycles. The number of fused-ring (bicyclic) bond motifs is 1. The fraction of sp³-hybridized carbons (Fsp3) is 0.400. The maximum absolute atomic E-state index is 14.2. The SMILES string of the molecule is CC(Nc1c(F)cc(N)c2cccnc12)C1CCOC1. The van der Waals surface area contributed by atoms with Gasteiger partial charge in [0, 0.05) is 35.8 Å². The van der Waals surface area contributed by atoms with Gasteiger partial charge in [0.1, 0.15) is 0 Å². The minimum atomic E-state index is -0.362. The monoisotopic (exact) mass is 275 g/mol. The van der Waals surface area contributed by atoms with Crippen LogP contribution in [0.4, 0.5) is 15.8 Å². The molecular formula is C15H18FN3O. The van der Waals surface area contributed by atoms with Gasteiger partial charge in [-0.1, -0.05) is 0 Å². The first kappa shape index (κ1) is 13.1. The number of rotatable bonds is 3. The Hall–Kier alpha value is -1.88. The highest BCUT2D eigenvalue weighted by Gasteiger charge is 2.24. The summed E-state index contributed by atoms with van der Waals surface area (Å²) < 4.78 is 19.6. The van der Waals surface area contributed by atoms with Crippen LogP contribution in [0.25, 0.3) is 10.9 Å². The van der Waals surface area contributed by atoms with Crippen molar-refractivity contribution in [3.05, 3.63) is 30.2 Å². The van der Waals surface area contributed by atoms with Crippen molar-refractivity contribution in [1.29, 1.82) is 0 Å². The molecule has 1 aliphatic heterocycles. The Morgan fingerprint density at radius 1 is 1.55 bits per heavy atom. The van der Waals surface area contributed by atoms with E-state index in [4.69, 9.17) is 10.5 Å². The van der Waals surface area contributed by atoms with Crippen molar-refractivity contribution >= 4 is 22.3 Å². The van der Waals surface area contributed by atoms with E-state index in [1.165, 1.54) is 6.07 Å². The number of hydrogen-bond acceptors (Lipinski definition) is 4. The number of aromatic nitrogens is 1. The number of anilines is 2. The summed E-state index contributed by atoms with van der Waals surface area (Å²) >= 11 is 0. The number of nitrogens with one attached hydrogen (secondary N) is 1. The number of nitrogens with two attached hydrogens (primary N) is 1. The van der Waals surface area contributed by atoms with Gasteiger partial charge in [0.15, 0.2) is 5.82 Å². The molecule has 4 nitrogen and oxygen atoms in total. The molecule has 2 aromatic rings. The van der Waals surface area contributed by atoms with Crippen LogP contribution in [0.2, 0.25) is 0 Å². The van der Waals surface area contributed by atoms with Crippen molar-refractivity contribution in [2.24, 2.45) is 5.92 Å². The zero-order valence-electron chi connectivity index (χ0n) is 11.4. The molecule has 1 saturated heterocycles. The first-order chi connectivity index (χ1) is 9.66. The predicted octanol–water partition coefficient (Wildman–Crippen LogP) is 2.79. The van der Waals surface area contributed by atoms with Crippen molar-refractivity contribution in [3.8, 4) is 0 Å². The second kappa shape index (κ2) is 5.25. The van der Waals surface area contributed by atoms with Crippen LogP contribution in [0.1, 0.15) is 13.3 Å². The van der Waals surface area contributed by atoms with E-state index in [0.29, 0.717) is 22.8 Å². The Morgan fingerprint density at radius 2 is 2.40 bits per heavy atom. The molecule has 2 heterocycles. The third-order valence-electron chi connectivity index (χ3n) is 3.92. The van der Waals surface area contributed by atoms with Gasteiger partial charge in [-0.15, -0.1) is 0 Å².